The van der Waals surface area contributed by atoms with Crippen LogP contribution in [-0.2, 0) is 4.74 Å². The van der Waals surface area contributed by atoms with E-state index in [0.717, 1.165) is 6.07 Å². The van der Waals surface area contributed by atoms with Gasteiger partial charge in [-0.05, 0) is 19.9 Å². The second kappa shape index (κ2) is 8.55. The van der Waals surface area contributed by atoms with E-state index in [-0.39, 0.29) is 11.4 Å². The average molecular weight is 441 g/mol. The molecule has 13 nitrogen and oxygen atoms in total. The molecular formula is C19H19N7O6. The van der Waals surface area contributed by atoms with Gasteiger partial charge in [0.2, 0.25) is 0 Å². The summed E-state index contributed by atoms with van der Waals surface area (Å²) < 4.78 is 11.9. The number of aromatic nitrogens is 3. The Balaban J connectivity index is 1.88. The number of morpholine rings is 1. The van der Waals surface area contributed by atoms with E-state index in [1.165, 1.54) is 16.8 Å². The van der Waals surface area contributed by atoms with Crippen LogP contribution < -0.4 is 4.90 Å². The molecule has 166 valence electrons. The third kappa shape index (κ3) is 4.05. The Morgan fingerprint density at radius 2 is 1.88 bits per heavy atom. The zero-order valence-electron chi connectivity index (χ0n) is 17.3. The number of ether oxygens (including phenoxy) is 1. The minimum absolute atomic E-state index is 0.113. The summed E-state index contributed by atoms with van der Waals surface area (Å²) in [6.45, 7) is 5.54. The molecule has 1 aliphatic heterocycles. The lowest BCUT2D eigenvalue weighted by molar-refractivity contribution is -0.394. The lowest BCUT2D eigenvalue weighted by Gasteiger charge is -2.29. The molecule has 3 heterocycles. The van der Waals surface area contributed by atoms with Crippen molar-refractivity contribution in [3.05, 3.63) is 61.5 Å². The number of aliphatic imine (C=N–C) groups is 1. The molecule has 2 aromatic heterocycles. The monoisotopic (exact) mass is 441 g/mol. The van der Waals surface area contributed by atoms with Crippen LogP contribution >= 0.6 is 0 Å². The maximum absolute atomic E-state index is 11.7. The molecule has 3 aromatic rings. The summed E-state index contributed by atoms with van der Waals surface area (Å²) in [4.78, 5) is 27.9. The fraction of sp³-hybridized carbons (Fsp3) is 0.316. The van der Waals surface area contributed by atoms with E-state index in [1.54, 1.807) is 26.1 Å². The highest BCUT2D eigenvalue weighted by molar-refractivity contribution is 5.90. The molecular weight excluding hydrogens is 422 g/mol. The predicted octanol–water partition coefficient (Wildman–Crippen LogP) is 2.88. The largest absolute Gasteiger partial charge is 0.378 e. The Morgan fingerprint density at radius 3 is 2.50 bits per heavy atom. The normalized spacial score (nSPS) is 14.2. The lowest BCUT2D eigenvalue weighted by atomic mass is 10.2. The van der Waals surface area contributed by atoms with Crippen LogP contribution in [0.4, 0.5) is 23.0 Å². The summed E-state index contributed by atoms with van der Waals surface area (Å²) in [7, 11) is 0. The second-order valence-corrected chi connectivity index (χ2v) is 7.08. The van der Waals surface area contributed by atoms with Crippen LogP contribution in [0.5, 0.6) is 0 Å². The van der Waals surface area contributed by atoms with Gasteiger partial charge in [-0.2, -0.15) is 5.10 Å². The second-order valence-electron chi connectivity index (χ2n) is 7.08. The first-order valence-corrected chi connectivity index (χ1v) is 9.68. The molecule has 0 aliphatic carbocycles. The van der Waals surface area contributed by atoms with Gasteiger partial charge in [0.1, 0.15) is 17.3 Å². The molecule has 0 radical (unpaired) electrons. The van der Waals surface area contributed by atoms with Gasteiger partial charge in [-0.3, -0.25) is 20.2 Å². The Kier molecular flexibility index (Phi) is 5.64. The maximum atomic E-state index is 11.7. The molecule has 32 heavy (non-hydrogen) atoms. The van der Waals surface area contributed by atoms with Crippen molar-refractivity contribution in [1.29, 1.82) is 0 Å². The van der Waals surface area contributed by atoms with Gasteiger partial charge >= 0.3 is 5.69 Å². The molecule has 0 atom stereocenters. The number of nitro benzene ring substituents is 2. The molecule has 0 unspecified atom stereocenters. The SMILES string of the molecule is Cc1cc(N=Cc2c(C)nn(-c3ccc([N+](=O)[O-])cc3[N+](=O)[O-])c2N2CCOCC2)no1. The van der Waals surface area contributed by atoms with Crippen LogP contribution in [0.25, 0.3) is 5.69 Å². The number of rotatable bonds is 6. The molecule has 13 heteroatoms. The third-order valence-electron chi connectivity index (χ3n) is 4.93. The number of aryl methyl sites for hydroxylation is 2. The quantitative estimate of drug-likeness (QED) is 0.319. The molecule has 0 amide bonds. The van der Waals surface area contributed by atoms with Crippen molar-refractivity contribution in [3.8, 4) is 5.69 Å². The first-order valence-electron chi connectivity index (χ1n) is 9.68. The molecule has 1 fully saturated rings. The van der Waals surface area contributed by atoms with Gasteiger partial charge in [0.05, 0.1) is 40.4 Å². The minimum Gasteiger partial charge on any atom is -0.378 e. The van der Waals surface area contributed by atoms with Gasteiger partial charge in [-0.15, -0.1) is 0 Å². The van der Waals surface area contributed by atoms with Crippen molar-refractivity contribution >= 4 is 29.2 Å². The standard InChI is InChI=1S/C19H19N7O6/c1-12-9-18(22-32-12)20-11-15-13(2)21-24(19(15)23-5-7-31-8-6-23)16-4-3-14(25(27)28)10-17(16)26(29)30/h3-4,9-11H,5-8H2,1-2H3. The van der Waals surface area contributed by atoms with Crippen molar-refractivity contribution in [3.63, 3.8) is 0 Å². The molecule has 4 rings (SSSR count). The van der Waals surface area contributed by atoms with E-state index < -0.39 is 15.5 Å². The summed E-state index contributed by atoms with van der Waals surface area (Å²) in [5, 5.41) is 31.2. The van der Waals surface area contributed by atoms with Gasteiger partial charge in [-0.25, -0.2) is 9.67 Å². The van der Waals surface area contributed by atoms with Gasteiger partial charge in [0, 0.05) is 31.4 Å². The van der Waals surface area contributed by atoms with Crippen LogP contribution in [0.1, 0.15) is 17.0 Å². The van der Waals surface area contributed by atoms with Crippen LogP contribution in [0.15, 0.2) is 33.8 Å². The van der Waals surface area contributed by atoms with Gasteiger partial charge < -0.3 is 14.2 Å². The summed E-state index contributed by atoms with van der Waals surface area (Å²) in [6.07, 6.45) is 1.58. The summed E-state index contributed by atoms with van der Waals surface area (Å²) in [6, 6.07) is 5.15. The summed E-state index contributed by atoms with van der Waals surface area (Å²) in [5.74, 6) is 1.56. The van der Waals surface area contributed by atoms with E-state index in [2.05, 4.69) is 15.2 Å². The minimum atomic E-state index is -0.675. The van der Waals surface area contributed by atoms with Crippen molar-refractivity contribution in [1.82, 2.24) is 14.9 Å². The van der Waals surface area contributed by atoms with E-state index in [4.69, 9.17) is 9.26 Å². The fourth-order valence-corrected chi connectivity index (χ4v) is 3.42. The topological polar surface area (TPSA) is 155 Å². The van der Waals surface area contributed by atoms with E-state index in [1.807, 2.05) is 4.90 Å². The number of hydrogen-bond donors (Lipinski definition) is 0. The Labute approximate surface area is 181 Å². The Bertz CT molecular complexity index is 1210. The molecule has 1 saturated heterocycles. The average Bonchev–Trinajstić information content (AvgIpc) is 3.34. The lowest BCUT2D eigenvalue weighted by Crippen LogP contribution is -2.38. The highest BCUT2D eigenvalue weighted by atomic mass is 16.6. The van der Waals surface area contributed by atoms with Gasteiger partial charge in [-0.1, -0.05) is 5.16 Å². The zero-order chi connectivity index (χ0) is 22.8. The van der Waals surface area contributed by atoms with Crippen LogP contribution in [0.3, 0.4) is 0 Å². The third-order valence-corrected chi connectivity index (χ3v) is 4.93. The number of benzene rings is 1. The highest BCUT2D eigenvalue weighted by Crippen LogP contribution is 2.33. The van der Waals surface area contributed by atoms with Crippen molar-refractivity contribution < 1.29 is 19.1 Å². The molecule has 0 saturated carbocycles. The molecule has 0 N–H and O–H groups in total. The highest BCUT2D eigenvalue weighted by Gasteiger charge is 2.28. The first-order chi connectivity index (χ1) is 15.3. The van der Waals surface area contributed by atoms with E-state index in [9.17, 15) is 20.2 Å². The van der Waals surface area contributed by atoms with Crippen molar-refractivity contribution in [2.45, 2.75) is 13.8 Å². The first kappa shape index (κ1) is 21.1. The predicted molar refractivity (Wildman–Crippen MR) is 113 cm³/mol. The molecule has 1 aromatic carbocycles. The molecule has 1 aliphatic rings. The summed E-state index contributed by atoms with van der Waals surface area (Å²) in [5.41, 5.74) is 0.526. The number of non-ortho nitro benzene ring substituents is 1. The fourth-order valence-electron chi connectivity index (χ4n) is 3.42. The van der Waals surface area contributed by atoms with E-state index >= 15 is 0 Å². The number of anilines is 1. The van der Waals surface area contributed by atoms with Crippen LogP contribution in [-0.4, -0.2) is 57.3 Å². The Morgan fingerprint density at radius 1 is 1.12 bits per heavy atom. The van der Waals surface area contributed by atoms with Gasteiger partial charge in [0.15, 0.2) is 5.82 Å². The van der Waals surface area contributed by atoms with Gasteiger partial charge in [0.25, 0.3) is 5.69 Å². The molecule has 0 spiro atoms. The Hall–Kier alpha value is -4.13. The number of nitro groups is 2. The van der Waals surface area contributed by atoms with Crippen molar-refractivity contribution in [2.24, 2.45) is 4.99 Å². The molecule has 0 bridgehead atoms. The number of nitrogens with zero attached hydrogens (tertiary/aromatic N) is 7. The van der Waals surface area contributed by atoms with Crippen LogP contribution in [0, 0.1) is 34.1 Å². The zero-order valence-corrected chi connectivity index (χ0v) is 17.3. The van der Waals surface area contributed by atoms with Crippen molar-refractivity contribution in [2.75, 3.05) is 31.2 Å². The summed E-state index contributed by atoms with van der Waals surface area (Å²) >= 11 is 0. The van der Waals surface area contributed by atoms with E-state index in [0.29, 0.717) is 55.0 Å². The number of hydrogen-bond acceptors (Lipinski definition) is 10. The maximum Gasteiger partial charge on any atom is 0.301 e. The van der Waals surface area contributed by atoms with Crippen LogP contribution in [0.2, 0.25) is 0 Å². The smallest absolute Gasteiger partial charge is 0.301 e.